The molecule has 1 fully saturated rings. The molecule has 1 saturated carbocycles. The van der Waals surface area contributed by atoms with Crippen molar-refractivity contribution in [3.8, 4) is 0 Å². The van der Waals surface area contributed by atoms with Crippen molar-refractivity contribution in [2.45, 2.75) is 49.1 Å². The van der Waals surface area contributed by atoms with Gasteiger partial charge >= 0.3 is 0 Å². The number of carbonyl (C=O) groups is 1. The van der Waals surface area contributed by atoms with Crippen molar-refractivity contribution in [2.75, 3.05) is 5.32 Å². The second-order valence-electron chi connectivity index (χ2n) is 5.91. The molecule has 0 unspecified atom stereocenters. The van der Waals surface area contributed by atoms with Crippen LogP contribution in [-0.2, 0) is 10.5 Å². The van der Waals surface area contributed by atoms with E-state index in [2.05, 4.69) is 40.6 Å². The molecule has 1 aromatic carbocycles. The first kappa shape index (κ1) is 16.5. The maximum atomic E-state index is 12.2. The summed E-state index contributed by atoms with van der Waals surface area (Å²) >= 11 is 3.12. The minimum atomic E-state index is 0.108. The Morgan fingerprint density at radius 1 is 1.26 bits per heavy atom. The van der Waals surface area contributed by atoms with Crippen LogP contribution in [0.1, 0.15) is 43.2 Å². The van der Waals surface area contributed by atoms with Crippen LogP contribution >= 0.6 is 23.1 Å². The van der Waals surface area contributed by atoms with Crippen LogP contribution in [0.25, 0.3) is 0 Å². The highest BCUT2D eigenvalue weighted by atomic mass is 32.2. The first-order valence-electron chi connectivity index (χ1n) is 8.04. The Morgan fingerprint density at radius 2 is 2.04 bits per heavy atom. The van der Waals surface area contributed by atoms with E-state index in [0.717, 1.165) is 35.8 Å². The topological polar surface area (TPSA) is 54.9 Å². The second kappa shape index (κ2) is 7.93. The van der Waals surface area contributed by atoms with Gasteiger partial charge in [-0.2, -0.15) is 0 Å². The largest absolute Gasteiger partial charge is 0.300 e. The molecule has 0 bridgehead atoms. The summed E-state index contributed by atoms with van der Waals surface area (Å²) in [6.07, 6.45) is 5.57. The van der Waals surface area contributed by atoms with Gasteiger partial charge in [-0.15, -0.1) is 10.2 Å². The highest BCUT2D eigenvalue weighted by molar-refractivity contribution is 8.00. The summed E-state index contributed by atoms with van der Waals surface area (Å²) in [6.45, 7) is 2.12. The van der Waals surface area contributed by atoms with E-state index in [-0.39, 0.29) is 11.8 Å². The number of aromatic nitrogens is 2. The maximum absolute atomic E-state index is 12.2. The van der Waals surface area contributed by atoms with Crippen LogP contribution in [0, 0.1) is 12.8 Å². The lowest BCUT2D eigenvalue weighted by atomic mass is 9.89. The predicted molar refractivity (Wildman–Crippen MR) is 95.9 cm³/mol. The first-order valence-corrected chi connectivity index (χ1v) is 9.84. The normalized spacial score (nSPS) is 15.5. The molecule has 0 saturated heterocycles. The van der Waals surface area contributed by atoms with Gasteiger partial charge < -0.3 is 5.32 Å². The van der Waals surface area contributed by atoms with Crippen LogP contribution in [0.2, 0.25) is 0 Å². The van der Waals surface area contributed by atoms with Crippen molar-refractivity contribution in [2.24, 2.45) is 5.92 Å². The fraction of sp³-hybridized carbons (Fsp3) is 0.471. The summed E-state index contributed by atoms with van der Waals surface area (Å²) in [6, 6.07) is 8.35. The van der Waals surface area contributed by atoms with Crippen molar-refractivity contribution >= 4 is 34.1 Å². The zero-order chi connectivity index (χ0) is 16.1. The van der Waals surface area contributed by atoms with Gasteiger partial charge in [-0.3, -0.25) is 4.79 Å². The fourth-order valence-corrected chi connectivity index (χ4v) is 4.63. The van der Waals surface area contributed by atoms with E-state index in [0.29, 0.717) is 5.13 Å². The summed E-state index contributed by atoms with van der Waals surface area (Å²) in [5.74, 6) is 1.13. The van der Waals surface area contributed by atoms with E-state index in [9.17, 15) is 4.79 Å². The second-order valence-corrected chi connectivity index (χ2v) is 8.11. The summed E-state index contributed by atoms with van der Waals surface area (Å²) in [7, 11) is 0. The summed E-state index contributed by atoms with van der Waals surface area (Å²) in [5, 5.41) is 11.8. The number of benzene rings is 1. The van der Waals surface area contributed by atoms with Gasteiger partial charge in [0, 0.05) is 11.7 Å². The number of rotatable bonds is 5. The number of thioether (sulfide) groups is 1. The van der Waals surface area contributed by atoms with Crippen molar-refractivity contribution in [3.63, 3.8) is 0 Å². The molecule has 0 aliphatic heterocycles. The fourth-order valence-electron chi connectivity index (χ4n) is 2.80. The third-order valence-corrected chi connectivity index (χ3v) is 6.25. The van der Waals surface area contributed by atoms with E-state index in [4.69, 9.17) is 0 Å². The lowest BCUT2D eigenvalue weighted by Gasteiger charge is -2.19. The lowest BCUT2D eigenvalue weighted by molar-refractivity contribution is -0.120. The molecule has 1 N–H and O–H groups in total. The Balaban J connectivity index is 1.53. The Hall–Kier alpha value is -1.40. The average molecular weight is 348 g/mol. The van der Waals surface area contributed by atoms with E-state index in [1.54, 1.807) is 11.8 Å². The van der Waals surface area contributed by atoms with E-state index in [1.807, 2.05) is 6.07 Å². The van der Waals surface area contributed by atoms with Gasteiger partial charge in [0.15, 0.2) is 4.34 Å². The molecule has 1 heterocycles. The molecule has 0 spiro atoms. The standard InChI is InChI=1S/C17H21N3OS2/c1-12-7-5-6-10-14(12)11-22-17-20-19-16(23-17)18-15(21)13-8-3-2-4-9-13/h5-7,10,13H,2-4,8-9,11H2,1H3,(H,18,19,21). The molecular weight excluding hydrogens is 326 g/mol. The van der Waals surface area contributed by atoms with Gasteiger partial charge in [0.1, 0.15) is 0 Å². The van der Waals surface area contributed by atoms with Gasteiger partial charge in [-0.05, 0) is 30.9 Å². The van der Waals surface area contributed by atoms with Gasteiger partial charge in [-0.25, -0.2) is 0 Å². The van der Waals surface area contributed by atoms with Crippen LogP contribution in [0.4, 0.5) is 5.13 Å². The highest BCUT2D eigenvalue weighted by Crippen LogP contribution is 2.30. The molecule has 23 heavy (non-hydrogen) atoms. The number of aryl methyl sites for hydroxylation is 1. The minimum absolute atomic E-state index is 0.108. The number of anilines is 1. The van der Waals surface area contributed by atoms with Crippen LogP contribution in [-0.4, -0.2) is 16.1 Å². The zero-order valence-electron chi connectivity index (χ0n) is 13.2. The minimum Gasteiger partial charge on any atom is -0.300 e. The Morgan fingerprint density at radius 3 is 2.83 bits per heavy atom. The lowest BCUT2D eigenvalue weighted by Crippen LogP contribution is -2.24. The van der Waals surface area contributed by atoms with E-state index < -0.39 is 0 Å². The van der Waals surface area contributed by atoms with Crippen molar-refractivity contribution in [3.05, 3.63) is 35.4 Å². The number of hydrogen-bond acceptors (Lipinski definition) is 5. The van der Waals surface area contributed by atoms with Gasteiger partial charge in [-0.1, -0.05) is 66.6 Å². The molecule has 3 rings (SSSR count). The zero-order valence-corrected chi connectivity index (χ0v) is 14.9. The molecular formula is C17H21N3OS2. The molecule has 0 radical (unpaired) electrons. The first-order chi connectivity index (χ1) is 11.2. The number of amides is 1. The number of hydrogen-bond donors (Lipinski definition) is 1. The van der Waals surface area contributed by atoms with Gasteiger partial charge in [0.25, 0.3) is 0 Å². The Labute approximate surface area is 145 Å². The quantitative estimate of drug-likeness (QED) is 0.631. The molecule has 1 amide bonds. The third kappa shape index (κ3) is 4.54. The molecule has 122 valence electrons. The molecule has 1 aliphatic rings. The third-order valence-electron chi connectivity index (χ3n) is 4.22. The summed E-state index contributed by atoms with van der Waals surface area (Å²) in [4.78, 5) is 12.2. The Kier molecular flexibility index (Phi) is 5.67. The molecule has 6 heteroatoms. The van der Waals surface area contributed by atoms with Crippen molar-refractivity contribution in [1.29, 1.82) is 0 Å². The molecule has 1 aliphatic carbocycles. The summed E-state index contributed by atoms with van der Waals surface area (Å²) in [5.41, 5.74) is 2.59. The average Bonchev–Trinajstić information content (AvgIpc) is 3.02. The number of nitrogens with one attached hydrogen (secondary N) is 1. The van der Waals surface area contributed by atoms with Crippen LogP contribution < -0.4 is 5.32 Å². The predicted octanol–water partition coefficient (Wildman–Crippen LogP) is 4.66. The monoisotopic (exact) mass is 347 g/mol. The van der Waals surface area contributed by atoms with Crippen LogP contribution in [0.3, 0.4) is 0 Å². The highest BCUT2D eigenvalue weighted by Gasteiger charge is 2.22. The smallest absolute Gasteiger partial charge is 0.229 e. The molecule has 0 atom stereocenters. The number of carbonyl (C=O) groups excluding carboxylic acids is 1. The molecule has 2 aromatic rings. The van der Waals surface area contributed by atoms with Crippen molar-refractivity contribution in [1.82, 2.24) is 10.2 Å². The van der Waals surface area contributed by atoms with Crippen LogP contribution in [0.5, 0.6) is 0 Å². The maximum Gasteiger partial charge on any atom is 0.229 e. The summed E-state index contributed by atoms with van der Waals surface area (Å²) < 4.78 is 0.896. The SMILES string of the molecule is Cc1ccccc1CSc1nnc(NC(=O)C2CCCCC2)s1. The van der Waals surface area contributed by atoms with Crippen molar-refractivity contribution < 1.29 is 4.79 Å². The van der Waals surface area contributed by atoms with Crippen LogP contribution in [0.15, 0.2) is 28.6 Å². The molecule has 4 nitrogen and oxygen atoms in total. The Bertz CT molecular complexity index is 665. The van der Waals surface area contributed by atoms with Gasteiger partial charge in [0.05, 0.1) is 0 Å². The van der Waals surface area contributed by atoms with Gasteiger partial charge in [0.2, 0.25) is 11.0 Å². The number of nitrogens with zero attached hydrogens (tertiary/aromatic N) is 2. The molecule has 1 aromatic heterocycles. The van der Waals surface area contributed by atoms with E-state index >= 15 is 0 Å². The van der Waals surface area contributed by atoms with E-state index in [1.165, 1.54) is 28.9 Å².